The Hall–Kier alpha value is -0.890. The summed E-state index contributed by atoms with van der Waals surface area (Å²) in [6.07, 6.45) is 9.19. The predicted molar refractivity (Wildman–Crippen MR) is 67.4 cm³/mol. The van der Waals surface area contributed by atoms with Crippen molar-refractivity contribution < 1.29 is 0 Å². The average molecular weight is 218 g/mol. The first-order valence-corrected chi connectivity index (χ1v) is 6.47. The predicted octanol–water partition coefficient (Wildman–Crippen LogP) is 3.33. The Labute approximate surface area is 98.7 Å². The highest BCUT2D eigenvalue weighted by molar-refractivity contribution is 5.25. The van der Waals surface area contributed by atoms with E-state index in [9.17, 15) is 0 Å². The maximum absolute atomic E-state index is 4.28. The lowest BCUT2D eigenvalue weighted by Crippen LogP contribution is -2.24. The summed E-state index contributed by atoms with van der Waals surface area (Å²) in [7, 11) is 0. The van der Waals surface area contributed by atoms with Crippen molar-refractivity contribution in [2.45, 2.75) is 45.6 Å². The second-order valence-corrected chi connectivity index (χ2v) is 4.78. The Morgan fingerprint density at radius 3 is 3.12 bits per heavy atom. The lowest BCUT2D eigenvalue weighted by Gasteiger charge is -2.25. The zero-order valence-electron chi connectivity index (χ0n) is 10.4. The Bertz CT molecular complexity index is 335. The van der Waals surface area contributed by atoms with E-state index in [-0.39, 0.29) is 0 Å². The van der Waals surface area contributed by atoms with Crippen LogP contribution in [0.25, 0.3) is 0 Å². The van der Waals surface area contributed by atoms with Crippen LogP contribution in [0.5, 0.6) is 0 Å². The maximum Gasteiger partial charge on any atom is 0.0366 e. The molecule has 0 aromatic carbocycles. The zero-order valence-corrected chi connectivity index (χ0v) is 10.4. The highest BCUT2D eigenvalue weighted by Gasteiger charge is 2.26. The van der Waals surface area contributed by atoms with Gasteiger partial charge in [0.15, 0.2) is 0 Å². The minimum absolute atomic E-state index is 0.625. The topological polar surface area (TPSA) is 16.1 Å². The summed E-state index contributed by atoms with van der Waals surface area (Å²) in [5.41, 5.74) is 2.83. The van der Waals surface area contributed by atoms with E-state index in [4.69, 9.17) is 0 Å². The van der Waals surface area contributed by atoms with Gasteiger partial charge in [-0.1, -0.05) is 13.3 Å². The minimum atomic E-state index is 0.625. The molecule has 2 nitrogen and oxygen atoms in total. The van der Waals surface area contributed by atoms with Crippen molar-refractivity contribution in [2.75, 3.05) is 13.1 Å². The Morgan fingerprint density at radius 2 is 2.38 bits per heavy atom. The Kier molecular flexibility index (Phi) is 3.94. The van der Waals surface area contributed by atoms with Gasteiger partial charge in [0, 0.05) is 18.4 Å². The number of hydrogen-bond donors (Lipinski definition) is 0. The molecular weight excluding hydrogens is 196 g/mol. The number of rotatable bonds is 4. The largest absolute Gasteiger partial charge is 0.296 e. The smallest absolute Gasteiger partial charge is 0.0366 e. The SMILES string of the molecule is CCCCN1CCCC1c1cnccc1C. The van der Waals surface area contributed by atoms with Crippen molar-refractivity contribution in [1.82, 2.24) is 9.88 Å². The van der Waals surface area contributed by atoms with Crippen LogP contribution in [-0.4, -0.2) is 23.0 Å². The van der Waals surface area contributed by atoms with Gasteiger partial charge in [-0.05, 0) is 56.5 Å². The molecule has 16 heavy (non-hydrogen) atoms. The van der Waals surface area contributed by atoms with E-state index < -0.39 is 0 Å². The van der Waals surface area contributed by atoms with Crippen LogP contribution >= 0.6 is 0 Å². The molecule has 1 atom stereocenters. The quantitative estimate of drug-likeness (QED) is 0.770. The zero-order chi connectivity index (χ0) is 11.4. The summed E-state index contributed by atoms with van der Waals surface area (Å²) in [6.45, 7) is 6.97. The molecule has 0 radical (unpaired) electrons. The molecular formula is C14H22N2. The van der Waals surface area contributed by atoms with E-state index in [1.165, 1.54) is 49.9 Å². The van der Waals surface area contributed by atoms with Gasteiger partial charge in [0.25, 0.3) is 0 Å². The van der Waals surface area contributed by atoms with E-state index in [0.717, 1.165) is 0 Å². The molecule has 0 amide bonds. The average Bonchev–Trinajstić information content (AvgIpc) is 2.75. The van der Waals surface area contributed by atoms with Gasteiger partial charge < -0.3 is 0 Å². The Morgan fingerprint density at radius 1 is 1.50 bits per heavy atom. The van der Waals surface area contributed by atoms with Gasteiger partial charge in [0.1, 0.15) is 0 Å². The van der Waals surface area contributed by atoms with Crippen LogP contribution in [0.3, 0.4) is 0 Å². The van der Waals surface area contributed by atoms with Crippen molar-refractivity contribution >= 4 is 0 Å². The molecule has 1 aromatic heterocycles. The van der Waals surface area contributed by atoms with E-state index in [1.807, 2.05) is 6.20 Å². The van der Waals surface area contributed by atoms with Crippen molar-refractivity contribution in [1.29, 1.82) is 0 Å². The lowest BCUT2D eigenvalue weighted by molar-refractivity contribution is 0.252. The fourth-order valence-electron chi connectivity index (χ4n) is 2.63. The maximum atomic E-state index is 4.28. The molecule has 1 aliphatic rings. The molecule has 1 unspecified atom stereocenters. The van der Waals surface area contributed by atoms with Gasteiger partial charge in [-0.3, -0.25) is 9.88 Å². The van der Waals surface area contributed by atoms with Crippen molar-refractivity contribution in [3.63, 3.8) is 0 Å². The molecule has 2 heteroatoms. The number of pyridine rings is 1. The Balaban J connectivity index is 2.10. The normalized spacial score (nSPS) is 21.5. The number of aryl methyl sites for hydroxylation is 1. The highest BCUT2D eigenvalue weighted by atomic mass is 15.2. The number of unbranched alkanes of at least 4 members (excludes halogenated alkanes) is 1. The van der Waals surface area contributed by atoms with E-state index in [1.54, 1.807) is 0 Å². The summed E-state index contributed by atoms with van der Waals surface area (Å²) < 4.78 is 0. The molecule has 1 fully saturated rings. The van der Waals surface area contributed by atoms with Crippen LogP contribution in [0.1, 0.15) is 49.8 Å². The lowest BCUT2D eigenvalue weighted by atomic mass is 10.0. The molecule has 2 rings (SSSR count). The van der Waals surface area contributed by atoms with E-state index >= 15 is 0 Å². The fourth-order valence-corrected chi connectivity index (χ4v) is 2.63. The van der Waals surface area contributed by atoms with Gasteiger partial charge in [0.2, 0.25) is 0 Å². The minimum Gasteiger partial charge on any atom is -0.296 e. The molecule has 0 aliphatic carbocycles. The first-order valence-electron chi connectivity index (χ1n) is 6.47. The van der Waals surface area contributed by atoms with Crippen LogP contribution in [0.4, 0.5) is 0 Å². The van der Waals surface area contributed by atoms with Crippen LogP contribution in [-0.2, 0) is 0 Å². The molecule has 0 spiro atoms. The fraction of sp³-hybridized carbons (Fsp3) is 0.643. The second kappa shape index (κ2) is 5.44. The number of hydrogen-bond acceptors (Lipinski definition) is 2. The molecule has 1 aliphatic heterocycles. The van der Waals surface area contributed by atoms with Crippen LogP contribution in [0, 0.1) is 6.92 Å². The van der Waals surface area contributed by atoms with Gasteiger partial charge in [-0.2, -0.15) is 0 Å². The third-order valence-corrected chi connectivity index (χ3v) is 3.60. The summed E-state index contributed by atoms with van der Waals surface area (Å²) in [6, 6.07) is 2.76. The molecule has 1 aromatic rings. The second-order valence-electron chi connectivity index (χ2n) is 4.78. The number of aromatic nitrogens is 1. The summed E-state index contributed by atoms with van der Waals surface area (Å²) in [5, 5.41) is 0. The van der Waals surface area contributed by atoms with Crippen molar-refractivity contribution in [3.05, 3.63) is 29.6 Å². The third kappa shape index (κ3) is 2.43. The third-order valence-electron chi connectivity index (χ3n) is 3.60. The monoisotopic (exact) mass is 218 g/mol. The van der Waals surface area contributed by atoms with Crippen LogP contribution < -0.4 is 0 Å². The molecule has 0 bridgehead atoms. The summed E-state index contributed by atoms with van der Waals surface area (Å²) >= 11 is 0. The molecule has 88 valence electrons. The van der Waals surface area contributed by atoms with Gasteiger partial charge in [-0.25, -0.2) is 0 Å². The molecule has 0 saturated carbocycles. The highest BCUT2D eigenvalue weighted by Crippen LogP contribution is 2.33. The number of likely N-dealkylation sites (tertiary alicyclic amines) is 1. The van der Waals surface area contributed by atoms with Gasteiger partial charge in [0.05, 0.1) is 0 Å². The van der Waals surface area contributed by atoms with Gasteiger partial charge >= 0.3 is 0 Å². The van der Waals surface area contributed by atoms with Crippen LogP contribution in [0.2, 0.25) is 0 Å². The standard InChI is InChI=1S/C14H22N2/c1-3-4-9-16-10-5-6-14(16)13-11-15-8-7-12(13)2/h7-8,11,14H,3-6,9-10H2,1-2H3. The first-order chi connectivity index (χ1) is 7.83. The molecule has 2 heterocycles. The van der Waals surface area contributed by atoms with E-state index in [0.29, 0.717) is 6.04 Å². The van der Waals surface area contributed by atoms with Crippen molar-refractivity contribution in [3.8, 4) is 0 Å². The van der Waals surface area contributed by atoms with Gasteiger partial charge in [-0.15, -0.1) is 0 Å². The summed E-state index contributed by atoms with van der Waals surface area (Å²) in [4.78, 5) is 6.91. The van der Waals surface area contributed by atoms with Crippen LogP contribution in [0.15, 0.2) is 18.5 Å². The number of nitrogens with zero attached hydrogens (tertiary/aromatic N) is 2. The van der Waals surface area contributed by atoms with Crippen molar-refractivity contribution in [2.24, 2.45) is 0 Å². The first kappa shape index (κ1) is 11.6. The molecule has 1 saturated heterocycles. The molecule has 0 N–H and O–H groups in total. The summed E-state index contributed by atoms with van der Waals surface area (Å²) in [5.74, 6) is 0. The van der Waals surface area contributed by atoms with E-state index in [2.05, 4.69) is 36.0 Å².